The Morgan fingerprint density at radius 1 is 1.28 bits per heavy atom. The van der Waals surface area contributed by atoms with Crippen LogP contribution in [0.3, 0.4) is 0 Å². The second kappa shape index (κ2) is 7.98. The normalized spacial score (nSPS) is 16.8. The summed E-state index contributed by atoms with van der Waals surface area (Å²) in [5.74, 6) is 0.786. The smallest absolute Gasteiger partial charge is 0.273 e. The number of oxazole rings is 1. The van der Waals surface area contributed by atoms with E-state index >= 15 is 0 Å². The number of anilines is 1. The second-order valence-corrected chi connectivity index (χ2v) is 7.23. The molecule has 0 aliphatic carbocycles. The third-order valence-corrected chi connectivity index (χ3v) is 5.00. The van der Waals surface area contributed by atoms with Crippen molar-refractivity contribution >= 4 is 11.9 Å². The number of halogens is 1. The van der Waals surface area contributed by atoms with Crippen LogP contribution in [0.2, 0.25) is 0 Å². The summed E-state index contributed by atoms with van der Waals surface area (Å²) in [5, 5.41) is 0. The molecule has 2 aromatic heterocycles. The van der Waals surface area contributed by atoms with E-state index in [9.17, 15) is 9.18 Å². The number of hydrogen-bond donors (Lipinski definition) is 1. The highest BCUT2D eigenvalue weighted by atomic mass is 19.1. The Kier molecular flexibility index (Phi) is 5.24. The van der Waals surface area contributed by atoms with Gasteiger partial charge in [0.2, 0.25) is 11.8 Å². The van der Waals surface area contributed by atoms with Crippen molar-refractivity contribution in [2.45, 2.75) is 38.6 Å². The number of carbonyl (C=O) groups excluding carboxylic acids is 1. The number of nitrogen functional groups attached to an aromatic ring is 1. The fourth-order valence-corrected chi connectivity index (χ4v) is 3.64. The standard InChI is InChI=1S/C21H22FN5O2/c1-13-10-17(26-21(23)25-13)20(28)27-9-3-2-4-18(27)19-24-12-16(29-19)11-14-5-7-15(22)8-6-14/h5-8,10,12,18H,2-4,9,11H2,1H3,(H2,23,25,26)/t18-/m1/s1. The number of rotatable bonds is 4. The number of likely N-dealkylation sites (tertiary alicyclic amines) is 1. The molecule has 3 aromatic rings. The fraction of sp³-hybridized carbons (Fsp3) is 0.333. The molecule has 0 unspecified atom stereocenters. The predicted octanol–water partition coefficient (Wildman–Crippen LogP) is 3.45. The highest BCUT2D eigenvalue weighted by Crippen LogP contribution is 2.32. The molecule has 1 aliphatic heterocycles. The molecule has 8 heteroatoms. The maximum atomic E-state index is 13.1. The molecule has 0 bridgehead atoms. The van der Waals surface area contributed by atoms with E-state index in [4.69, 9.17) is 10.2 Å². The van der Waals surface area contributed by atoms with Gasteiger partial charge in [-0.15, -0.1) is 0 Å². The third kappa shape index (κ3) is 4.26. The number of piperidine rings is 1. The Morgan fingerprint density at radius 2 is 2.07 bits per heavy atom. The summed E-state index contributed by atoms with van der Waals surface area (Å²) >= 11 is 0. The van der Waals surface area contributed by atoms with Crippen LogP contribution in [0.4, 0.5) is 10.3 Å². The lowest BCUT2D eigenvalue weighted by Gasteiger charge is -2.33. The molecule has 4 rings (SSSR count). The Labute approximate surface area is 167 Å². The zero-order valence-corrected chi connectivity index (χ0v) is 16.1. The summed E-state index contributed by atoms with van der Waals surface area (Å²) in [4.78, 5) is 27.4. The van der Waals surface area contributed by atoms with Crippen molar-refractivity contribution in [1.82, 2.24) is 19.9 Å². The topological polar surface area (TPSA) is 98.1 Å². The Balaban J connectivity index is 1.55. The fourth-order valence-electron chi connectivity index (χ4n) is 3.64. The van der Waals surface area contributed by atoms with Gasteiger partial charge in [0, 0.05) is 18.7 Å². The highest BCUT2D eigenvalue weighted by molar-refractivity contribution is 5.93. The number of aryl methyl sites for hydroxylation is 1. The summed E-state index contributed by atoms with van der Waals surface area (Å²) in [6.07, 6.45) is 4.83. The minimum atomic E-state index is -0.274. The zero-order valence-electron chi connectivity index (χ0n) is 16.1. The number of nitrogens with two attached hydrogens (primary N) is 1. The number of benzene rings is 1. The number of aromatic nitrogens is 3. The van der Waals surface area contributed by atoms with E-state index in [0.717, 1.165) is 24.8 Å². The van der Waals surface area contributed by atoms with Crippen LogP contribution in [0, 0.1) is 12.7 Å². The minimum absolute atomic E-state index is 0.0830. The molecule has 0 spiro atoms. The first-order valence-electron chi connectivity index (χ1n) is 9.61. The molecule has 0 radical (unpaired) electrons. The number of hydrogen-bond acceptors (Lipinski definition) is 6. The van der Waals surface area contributed by atoms with Crippen molar-refractivity contribution in [3.8, 4) is 0 Å². The monoisotopic (exact) mass is 395 g/mol. The second-order valence-electron chi connectivity index (χ2n) is 7.23. The summed E-state index contributed by atoms with van der Waals surface area (Å²) < 4.78 is 19.1. The van der Waals surface area contributed by atoms with E-state index in [1.54, 1.807) is 36.2 Å². The minimum Gasteiger partial charge on any atom is -0.443 e. The lowest BCUT2D eigenvalue weighted by atomic mass is 10.0. The van der Waals surface area contributed by atoms with Crippen molar-refractivity contribution in [3.63, 3.8) is 0 Å². The Bertz CT molecular complexity index is 998. The molecule has 7 nitrogen and oxygen atoms in total. The van der Waals surface area contributed by atoms with Crippen LogP contribution in [0.25, 0.3) is 0 Å². The van der Waals surface area contributed by atoms with Gasteiger partial charge in [-0.2, -0.15) is 0 Å². The van der Waals surface area contributed by atoms with Gasteiger partial charge in [-0.25, -0.2) is 19.3 Å². The zero-order chi connectivity index (χ0) is 20.4. The summed E-state index contributed by atoms with van der Waals surface area (Å²) in [6, 6.07) is 7.66. The predicted molar refractivity (Wildman–Crippen MR) is 105 cm³/mol. The largest absolute Gasteiger partial charge is 0.443 e. The third-order valence-electron chi connectivity index (χ3n) is 5.00. The van der Waals surface area contributed by atoms with Gasteiger partial charge in [0.1, 0.15) is 23.3 Å². The van der Waals surface area contributed by atoms with Crippen LogP contribution in [0.15, 0.2) is 40.9 Å². The Morgan fingerprint density at radius 3 is 2.83 bits per heavy atom. The van der Waals surface area contributed by atoms with Gasteiger partial charge in [-0.1, -0.05) is 12.1 Å². The van der Waals surface area contributed by atoms with Gasteiger partial charge in [0.15, 0.2) is 0 Å². The van der Waals surface area contributed by atoms with Crippen molar-refractivity contribution in [3.05, 3.63) is 70.9 Å². The first-order chi connectivity index (χ1) is 14.0. The number of carbonyl (C=O) groups is 1. The molecule has 2 N–H and O–H groups in total. The van der Waals surface area contributed by atoms with Crippen LogP contribution in [-0.4, -0.2) is 32.3 Å². The van der Waals surface area contributed by atoms with Gasteiger partial charge in [0.25, 0.3) is 5.91 Å². The van der Waals surface area contributed by atoms with E-state index in [1.165, 1.54) is 12.1 Å². The number of nitrogens with zero attached hydrogens (tertiary/aromatic N) is 4. The molecule has 150 valence electrons. The summed E-state index contributed by atoms with van der Waals surface area (Å²) in [6.45, 7) is 2.38. The lowest BCUT2D eigenvalue weighted by molar-refractivity contribution is 0.0564. The molecular weight excluding hydrogens is 373 g/mol. The SMILES string of the molecule is Cc1cc(C(=O)N2CCCC[C@@H]2c2ncc(Cc3ccc(F)cc3)o2)nc(N)n1. The van der Waals surface area contributed by atoms with E-state index in [0.29, 0.717) is 30.3 Å². The summed E-state index contributed by atoms with van der Waals surface area (Å²) in [7, 11) is 0. The average Bonchev–Trinajstić information content (AvgIpc) is 3.17. The molecule has 3 heterocycles. The van der Waals surface area contributed by atoms with Gasteiger partial charge in [-0.3, -0.25) is 4.79 Å². The molecule has 1 atom stereocenters. The summed E-state index contributed by atoms with van der Waals surface area (Å²) in [5.41, 5.74) is 7.56. The van der Waals surface area contributed by atoms with Crippen molar-refractivity contribution < 1.29 is 13.6 Å². The maximum absolute atomic E-state index is 13.1. The van der Waals surface area contributed by atoms with Crippen LogP contribution in [-0.2, 0) is 6.42 Å². The first kappa shape index (κ1) is 19.0. The average molecular weight is 395 g/mol. The molecule has 1 fully saturated rings. The van der Waals surface area contributed by atoms with E-state index < -0.39 is 0 Å². The van der Waals surface area contributed by atoms with Gasteiger partial charge >= 0.3 is 0 Å². The molecular formula is C21H22FN5O2. The first-order valence-corrected chi connectivity index (χ1v) is 9.61. The van der Waals surface area contributed by atoms with Crippen molar-refractivity contribution in [1.29, 1.82) is 0 Å². The Hall–Kier alpha value is -3.29. The van der Waals surface area contributed by atoms with Crippen LogP contribution >= 0.6 is 0 Å². The van der Waals surface area contributed by atoms with Crippen LogP contribution in [0.5, 0.6) is 0 Å². The van der Waals surface area contributed by atoms with Crippen LogP contribution < -0.4 is 5.73 Å². The maximum Gasteiger partial charge on any atom is 0.273 e. The van der Waals surface area contributed by atoms with Crippen LogP contribution in [0.1, 0.15) is 58.7 Å². The highest BCUT2D eigenvalue weighted by Gasteiger charge is 2.32. The lowest BCUT2D eigenvalue weighted by Crippen LogP contribution is -2.39. The van der Waals surface area contributed by atoms with E-state index in [1.807, 2.05) is 0 Å². The molecule has 1 amide bonds. The molecule has 0 saturated carbocycles. The number of amides is 1. The van der Waals surface area contributed by atoms with Gasteiger partial charge in [-0.05, 0) is 49.9 Å². The molecule has 1 aromatic carbocycles. The van der Waals surface area contributed by atoms with Gasteiger partial charge < -0.3 is 15.1 Å². The molecule has 1 aliphatic rings. The van der Waals surface area contributed by atoms with Crippen molar-refractivity contribution in [2.75, 3.05) is 12.3 Å². The van der Waals surface area contributed by atoms with Gasteiger partial charge in [0.05, 0.1) is 6.20 Å². The van der Waals surface area contributed by atoms with Crippen molar-refractivity contribution in [2.24, 2.45) is 0 Å². The molecule has 29 heavy (non-hydrogen) atoms. The molecule has 1 saturated heterocycles. The van der Waals surface area contributed by atoms with E-state index in [2.05, 4.69) is 15.0 Å². The quantitative estimate of drug-likeness (QED) is 0.726. The van der Waals surface area contributed by atoms with E-state index in [-0.39, 0.29) is 29.4 Å².